The molecule has 0 aliphatic heterocycles. The summed E-state index contributed by atoms with van der Waals surface area (Å²) in [6, 6.07) is 7.74. The van der Waals surface area contributed by atoms with Crippen LogP contribution < -0.4 is 10.9 Å². The van der Waals surface area contributed by atoms with Crippen molar-refractivity contribution < 1.29 is 4.79 Å². The molecule has 0 aliphatic rings. The van der Waals surface area contributed by atoms with Gasteiger partial charge >= 0.3 is 0 Å². The Morgan fingerprint density at radius 3 is 2.75 bits per heavy atom. The maximum atomic E-state index is 12.4. The van der Waals surface area contributed by atoms with Crippen molar-refractivity contribution in [2.24, 2.45) is 0 Å². The van der Waals surface area contributed by atoms with Gasteiger partial charge in [-0.05, 0) is 37.5 Å². The highest BCUT2D eigenvalue weighted by atomic mass is 16.1. The smallest absolute Gasteiger partial charge is 0.277 e. The first-order chi connectivity index (χ1) is 11.6. The molecule has 1 amide bonds. The summed E-state index contributed by atoms with van der Waals surface area (Å²) < 4.78 is 1.28. The molecule has 124 valence electrons. The minimum absolute atomic E-state index is 0.132. The second-order valence-electron chi connectivity index (χ2n) is 5.60. The van der Waals surface area contributed by atoms with E-state index in [4.69, 9.17) is 0 Å². The molecule has 0 unspecified atom stereocenters. The van der Waals surface area contributed by atoms with Crippen LogP contribution in [0.1, 0.15) is 30.2 Å². The zero-order chi connectivity index (χ0) is 17.1. The molecule has 0 fully saturated rings. The minimum Gasteiger partial charge on any atom is -0.326 e. The second-order valence-corrected chi connectivity index (χ2v) is 5.60. The van der Waals surface area contributed by atoms with Crippen LogP contribution in [0.5, 0.6) is 0 Å². The predicted octanol–water partition coefficient (Wildman–Crippen LogP) is 1.86. The zero-order valence-electron chi connectivity index (χ0n) is 13.7. The Kier molecular flexibility index (Phi) is 4.41. The van der Waals surface area contributed by atoms with Crippen LogP contribution in [0.4, 0.5) is 5.69 Å². The molecule has 0 aliphatic carbocycles. The van der Waals surface area contributed by atoms with Crippen molar-refractivity contribution in [3.8, 4) is 0 Å². The van der Waals surface area contributed by atoms with Crippen LogP contribution in [0.15, 0.2) is 35.4 Å². The summed E-state index contributed by atoms with van der Waals surface area (Å²) in [6.45, 7) is 3.84. The fourth-order valence-electron chi connectivity index (χ4n) is 2.57. The minimum atomic E-state index is -0.213. The van der Waals surface area contributed by atoms with Crippen LogP contribution in [-0.4, -0.2) is 25.5 Å². The zero-order valence-corrected chi connectivity index (χ0v) is 13.7. The van der Waals surface area contributed by atoms with Gasteiger partial charge < -0.3 is 5.32 Å². The standard InChI is InChI=1S/C17H19N5O2/c1-3-12-4-6-13(7-5-12)21-15(23)9-8-14-11(2)20-17-18-10-19-22(17)16(14)24/h4-7,10H,3,8-9H2,1-2H3,(H,21,23)(H,18,19,20). The summed E-state index contributed by atoms with van der Waals surface area (Å²) in [5, 5.41) is 5.57. The predicted molar refractivity (Wildman–Crippen MR) is 91.1 cm³/mol. The number of nitrogens with one attached hydrogen (secondary N) is 2. The van der Waals surface area contributed by atoms with Gasteiger partial charge in [-0.2, -0.15) is 4.52 Å². The van der Waals surface area contributed by atoms with E-state index in [1.165, 1.54) is 16.4 Å². The van der Waals surface area contributed by atoms with Crippen molar-refractivity contribution in [2.75, 3.05) is 5.32 Å². The Morgan fingerprint density at radius 1 is 1.29 bits per heavy atom. The van der Waals surface area contributed by atoms with Crippen molar-refractivity contribution in [2.45, 2.75) is 33.1 Å². The number of H-pyrrole nitrogens is 1. The Labute approximate surface area is 138 Å². The van der Waals surface area contributed by atoms with Gasteiger partial charge in [0.15, 0.2) is 0 Å². The van der Waals surface area contributed by atoms with Gasteiger partial charge in [0.1, 0.15) is 6.33 Å². The summed E-state index contributed by atoms with van der Waals surface area (Å²) >= 11 is 0. The van der Waals surface area contributed by atoms with E-state index < -0.39 is 0 Å². The molecule has 7 heteroatoms. The number of nitrogens with zero attached hydrogens (tertiary/aromatic N) is 3. The molecule has 0 atom stereocenters. The molecule has 3 rings (SSSR count). The first-order valence-electron chi connectivity index (χ1n) is 7.89. The molecule has 2 heterocycles. The lowest BCUT2D eigenvalue weighted by atomic mass is 10.1. The summed E-state index contributed by atoms with van der Waals surface area (Å²) in [5.41, 5.74) is 2.89. The number of aromatic amines is 1. The molecule has 0 radical (unpaired) electrons. The van der Waals surface area contributed by atoms with Crippen molar-refractivity contribution in [3.05, 3.63) is 57.8 Å². The van der Waals surface area contributed by atoms with E-state index in [2.05, 4.69) is 27.3 Å². The normalized spacial score (nSPS) is 10.9. The van der Waals surface area contributed by atoms with E-state index in [0.29, 0.717) is 23.5 Å². The molecule has 2 N–H and O–H groups in total. The van der Waals surface area contributed by atoms with Gasteiger partial charge in [-0.3, -0.25) is 14.7 Å². The number of carbonyl (C=O) groups is 1. The first kappa shape index (κ1) is 15.9. The van der Waals surface area contributed by atoms with Crippen LogP contribution in [0, 0.1) is 6.92 Å². The van der Waals surface area contributed by atoms with Gasteiger partial charge in [0, 0.05) is 17.7 Å². The lowest BCUT2D eigenvalue weighted by molar-refractivity contribution is -0.116. The summed E-state index contributed by atoms with van der Waals surface area (Å²) in [4.78, 5) is 32.7. The molecule has 0 bridgehead atoms. The molecule has 2 aromatic heterocycles. The SMILES string of the molecule is CCc1ccc(NC(=O)CCc2c(C)nc3nc[nH]n3c2=O)cc1. The number of carbonyl (C=O) groups excluding carboxylic acids is 1. The monoisotopic (exact) mass is 325 g/mol. The van der Waals surface area contributed by atoms with Crippen molar-refractivity contribution in [1.29, 1.82) is 0 Å². The lowest BCUT2D eigenvalue weighted by Crippen LogP contribution is -2.23. The molecule has 0 saturated heterocycles. The highest BCUT2D eigenvalue weighted by Crippen LogP contribution is 2.11. The average molecular weight is 325 g/mol. The van der Waals surface area contributed by atoms with Crippen molar-refractivity contribution in [1.82, 2.24) is 19.6 Å². The van der Waals surface area contributed by atoms with E-state index in [9.17, 15) is 9.59 Å². The maximum Gasteiger partial charge on any atom is 0.277 e. The summed E-state index contributed by atoms with van der Waals surface area (Å²) in [6.07, 6.45) is 2.92. The van der Waals surface area contributed by atoms with Crippen LogP contribution >= 0.6 is 0 Å². The second kappa shape index (κ2) is 6.66. The van der Waals surface area contributed by atoms with E-state index in [1.807, 2.05) is 24.3 Å². The number of benzene rings is 1. The van der Waals surface area contributed by atoms with Gasteiger partial charge in [-0.25, -0.2) is 9.97 Å². The molecule has 24 heavy (non-hydrogen) atoms. The van der Waals surface area contributed by atoms with Gasteiger partial charge in [-0.15, -0.1) is 0 Å². The fraction of sp³-hybridized carbons (Fsp3) is 0.294. The Bertz CT molecular complexity index is 924. The van der Waals surface area contributed by atoms with E-state index >= 15 is 0 Å². The quantitative estimate of drug-likeness (QED) is 0.749. The maximum absolute atomic E-state index is 12.4. The largest absolute Gasteiger partial charge is 0.326 e. The van der Waals surface area contributed by atoms with Crippen LogP contribution in [-0.2, 0) is 17.6 Å². The third-order valence-corrected chi connectivity index (χ3v) is 3.98. The highest BCUT2D eigenvalue weighted by molar-refractivity contribution is 5.90. The molecular formula is C17H19N5O2. The van der Waals surface area contributed by atoms with Crippen LogP contribution in [0.3, 0.4) is 0 Å². The average Bonchev–Trinajstić information content (AvgIpc) is 3.04. The Hall–Kier alpha value is -2.96. The molecule has 7 nitrogen and oxygen atoms in total. The number of amides is 1. The number of fused-ring (bicyclic) bond motifs is 1. The third-order valence-electron chi connectivity index (χ3n) is 3.98. The van der Waals surface area contributed by atoms with Crippen molar-refractivity contribution in [3.63, 3.8) is 0 Å². The Morgan fingerprint density at radius 2 is 2.04 bits per heavy atom. The number of hydrogen-bond donors (Lipinski definition) is 2. The molecule has 0 spiro atoms. The van der Waals surface area contributed by atoms with Gasteiger partial charge in [0.2, 0.25) is 5.91 Å². The fourth-order valence-corrected chi connectivity index (χ4v) is 2.57. The number of rotatable bonds is 5. The van der Waals surface area contributed by atoms with Gasteiger partial charge in [-0.1, -0.05) is 19.1 Å². The number of aromatic nitrogens is 4. The topological polar surface area (TPSA) is 92.2 Å². The third kappa shape index (κ3) is 3.19. The highest BCUT2D eigenvalue weighted by Gasteiger charge is 2.13. The van der Waals surface area contributed by atoms with E-state index in [1.54, 1.807) is 6.92 Å². The van der Waals surface area contributed by atoms with Gasteiger partial charge in [0.25, 0.3) is 11.3 Å². The number of hydrogen-bond acceptors (Lipinski definition) is 4. The van der Waals surface area contributed by atoms with Gasteiger partial charge in [0.05, 0.1) is 5.69 Å². The van der Waals surface area contributed by atoms with Crippen molar-refractivity contribution >= 4 is 17.4 Å². The van der Waals surface area contributed by atoms with Crippen LogP contribution in [0.25, 0.3) is 5.78 Å². The van der Waals surface area contributed by atoms with E-state index in [0.717, 1.165) is 12.1 Å². The molecule has 3 aromatic rings. The van der Waals surface area contributed by atoms with Crippen LogP contribution in [0.2, 0.25) is 0 Å². The first-order valence-corrected chi connectivity index (χ1v) is 7.89. The number of aryl methyl sites for hydroxylation is 2. The molecular weight excluding hydrogens is 306 g/mol. The van der Waals surface area contributed by atoms with E-state index in [-0.39, 0.29) is 17.9 Å². The summed E-state index contributed by atoms with van der Waals surface area (Å²) in [5.74, 6) is 0.203. The Balaban J connectivity index is 1.68. The number of anilines is 1. The molecule has 1 aromatic carbocycles. The lowest BCUT2D eigenvalue weighted by Gasteiger charge is -2.07. The summed E-state index contributed by atoms with van der Waals surface area (Å²) in [7, 11) is 0. The molecule has 0 saturated carbocycles.